The minimum absolute atomic E-state index is 0.826. The standard InChI is InChI=1S/C15H10BrN3O/c1-20-9-2-3-10-11-4-5-17-7-13(11)19-14(16)8-18-15(19)12(10)6-9/h2-8H,1H3. The molecule has 98 valence electrons. The van der Waals surface area contributed by atoms with E-state index in [0.717, 1.165) is 37.7 Å². The maximum absolute atomic E-state index is 5.33. The van der Waals surface area contributed by atoms with E-state index in [4.69, 9.17) is 4.74 Å². The molecule has 0 unspecified atom stereocenters. The highest BCUT2D eigenvalue weighted by atomic mass is 79.9. The summed E-state index contributed by atoms with van der Waals surface area (Å²) in [5, 5.41) is 3.35. The van der Waals surface area contributed by atoms with E-state index in [1.54, 1.807) is 13.3 Å². The molecule has 0 amide bonds. The molecule has 0 aliphatic heterocycles. The maximum Gasteiger partial charge on any atom is 0.146 e. The third kappa shape index (κ3) is 1.47. The largest absolute Gasteiger partial charge is 0.497 e. The Morgan fingerprint density at radius 3 is 2.85 bits per heavy atom. The van der Waals surface area contributed by atoms with E-state index in [0.29, 0.717) is 0 Å². The van der Waals surface area contributed by atoms with E-state index in [1.165, 1.54) is 0 Å². The molecule has 0 bridgehead atoms. The summed E-state index contributed by atoms with van der Waals surface area (Å²) >= 11 is 3.55. The zero-order valence-electron chi connectivity index (χ0n) is 10.7. The number of fused-ring (bicyclic) bond motifs is 6. The number of nitrogens with zero attached hydrogens (tertiary/aromatic N) is 3. The molecule has 0 saturated heterocycles. The van der Waals surface area contributed by atoms with E-state index in [9.17, 15) is 0 Å². The van der Waals surface area contributed by atoms with E-state index in [-0.39, 0.29) is 0 Å². The number of aromatic nitrogens is 3. The second kappa shape index (κ2) is 4.18. The van der Waals surface area contributed by atoms with Crippen molar-refractivity contribution in [3.05, 3.63) is 47.5 Å². The second-order valence-corrected chi connectivity index (χ2v) is 5.36. The zero-order valence-corrected chi connectivity index (χ0v) is 12.3. The molecule has 0 radical (unpaired) electrons. The SMILES string of the molecule is COc1ccc2c3ccncc3n3c(Br)cnc3c2c1. The summed E-state index contributed by atoms with van der Waals surface area (Å²) in [6.45, 7) is 0. The predicted octanol–water partition coefficient (Wildman–Crippen LogP) is 3.81. The van der Waals surface area contributed by atoms with Gasteiger partial charge in [-0.25, -0.2) is 4.98 Å². The van der Waals surface area contributed by atoms with Crippen molar-refractivity contribution in [3.8, 4) is 5.75 Å². The molecule has 4 nitrogen and oxygen atoms in total. The van der Waals surface area contributed by atoms with Crippen LogP contribution >= 0.6 is 15.9 Å². The van der Waals surface area contributed by atoms with Crippen molar-refractivity contribution < 1.29 is 4.74 Å². The Kier molecular flexibility index (Phi) is 2.44. The van der Waals surface area contributed by atoms with Gasteiger partial charge in [-0.3, -0.25) is 9.38 Å². The van der Waals surface area contributed by atoms with Crippen LogP contribution in [-0.4, -0.2) is 21.5 Å². The van der Waals surface area contributed by atoms with E-state index in [1.807, 2.05) is 30.6 Å². The molecule has 4 aromatic rings. The molecule has 3 heterocycles. The Bertz CT molecular complexity index is 961. The maximum atomic E-state index is 5.33. The highest BCUT2D eigenvalue weighted by Crippen LogP contribution is 2.32. The van der Waals surface area contributed by atoms with Crippen LogP contribution in [0.15, 0.2) is 47.5 Å². The van der Waals surface area contributed by atoms with Crippen molar-refractivity contribution in [2.45, 2.75) is 0 Å². The van der Waals surface area contributed by atoms with Crippen LogP contribution in [0.5, 0.6) is 5.75 Å². The second-order valence-electron chi connectivity index (χ2n) is 4.54. The van der Waals surface area contributed by atoms with Crippen molar-refractivity contribution in [2.75, 3.05) is 7.11 Å². The Balaban J connectivity index is 2.36. The number of hydrogen-bond donors (Lipinski definition) is 0. The number of halogens is 1. The Labute approximate surface area is 123 Å². The number of rotatable bonds is 1. The number of methoxy groups -OCH3 is 1. The number of pyridine rings is 2. The summed E-state index contributed by atoms with van der Waals surface area (Å²) in [4.78, 5) is 8.73. The third-order valence-electron chi connectivity index (χ3n) is 3.52. The van der Waals surface area contributed by atoms with Gasteiger partial charge in [-0.2, -0.15) is 0 Å². The van der Waals surface area contributed by atoms with E-state index >= 15 is 0 Å². The van der Waals surface area contributed by atoms with Crippen molar-refractivity contribution in [1.29, 1.82) is 0 Å². The van der Waals surface area contributed by atoms with Gasteiger partial charge in [0.1, 0.15) is 16.0 Å². The average Bonchev–Trinajstić information content (AvgIpc) is 2.89. The molecule has 4 rings (SSSR count). The minimum atomic E-state index is 0.826. The van der Waals surface area contributed by atoms with Gasteiger partial charge in [0.25, 0.3) is 0 Å². The lowest BCUT2D eigenvalue weighted by atomic mass is 10.1. The topological polar surface area (TPSA) is 39.4 Å². The van der Waals surface area contributed by atoms with E-state index < -0.39 is 0 Å². The molecule has 5 heteroatoms. The van der Waals surface area contributed by atoms with Crippen LogP contribution in [0.1, 0.15) is 0 Å². The fourth-order valence-electron chi connectivity index (χ4n) is 2.61. The van der Waals surface area contributed by atoms with Gasteiger partial charge in [0, 0.05) is 17.0 Å². The van der Waals surface area contributed by atoms with Gasteiger partial charge in [0.15, 0.2) is 0 Å². The smallest absolute Gasteiger partial charge is 0.146 e. The lowest BCUT2D eigenvalue weighted by molar-refractivity contribution is 0.415. The lowest BCUT2D eigenvalue weighted by Crippen LogP contribution is -1.93. The van der Waals surface area contributed by atoms with Gasteiger partial charge in [-0.1, -0.05) is 0 Å². The van der Waals surface area contributed by atoms with Crippen LogP contribution in [0.4, 0.5) is 0 Å². The van der Waals surface area contributed by atoms with Crippen LogP contribution < -0.4 is 4.74 Å². The quantitative estimate of drug-likeness (QED) is 0.499. The van der Waals surface area contributed by atoms with Crippen LogP contribution in [0.2, 0.25) is 0 Å². The molecule has 0 aliphatic rings. The third-order valence-corrected chi connectivity index (χ3v) is 4.08. The monoisotopic (exact) mass is 327 g/mol. The summed E-state index contributed by atoms with van der Waals surface area (Å²) in [7, 11) is 1.67. The predicted molar refractivity (Wildman–Crippen MR) is 82.3 cm³/mol. The van der Waals surface area contributed by atoms with Crippen LogP contribution in [-0.2, 0) is 0 Å². The summed E-state index contributed by atoms with van der Waals surface area (Å²) in [6, 6.07) is 8.08. The van der Waals surface area contributed by atoms with Gasteiger partial charge in [-0.05, 0) is 45.6 Å². The molecule has 0 fully saturated rings. The number of imidazole rings is 1. The van der Waals surface area contributed by atoms with Gasteiger partial charge in [-0.15, -0.1) is 0 Å². The first kappa shape index (κ1) is 11.7. The molecule has 0 aliphatic carbocycles. The molecule has 3 aromatic heterocycles. The Morgan fingerprint density at radius 2 is 2.00 bits per heavy atom. The van der Waals surface area contributed by atoms with Gasteiger partial charge in [0.2, 0.25) is 0 Å². The Morgan fingerprint density at radius 1 is 1.10 bits per heavy atom. The van der Waals surface area contributed by atoms with Crippen molar-refractivity contribution in [2.24, 2.45) is 0 Å². The first-order valence-electron chi connectivity index (χ1n) is 6.16. The highest BCUT2D eigenvalue weighted by Gasteiger charge is 2.12. The summed E-state index contributed by atoms with van der Waals surface area (Å²) < 4.78 is 8.30. The molecular formula is C15H10BrN3O. The van der Waals surface area contributed by atoms with Gasteiger partial charge < -0.3 is 4.74 Å². The summed E-state index contributed by atoms with van der Waals surface area (Å²) in [5.41, 5.74) is 1.93. The van der Waals surface area contributed by atoms with Crippen molar-refractivity contribution in [1.82, 2.24) is 14.4 Å². The number of hydrogen-bond acceptors (Lipinski definition) is 3. The molecule has 1 aromatic carbocycles. The fraction of sp³-hybridized carbons (Fsp3) is 0.0667. The number of benzene rings is 1. The molecule has 0 N–H and O–H groups in total. The van der Waals surface area contributed by atoms with Crippen molar-refractivity contribution >= 4 is 43.3 Å². The number of ether oxygens (including phenoxy) is 1. The van der Waals surface area contributed by atoms with Gasteiger partial charge in [0.05, 0.1) is 25.0 Å². The fourth-order valence-corrected chi connectivity index (χ4v) is 3.07. The molecular weight excluding hydrogens is 318 g/mol. The van der Waals surface area contributed by atoms with Crippen LogP contribution in [0, 0.1) is 0 Å². The molecule has 0 atom stereocenters. The van der Waals surface area contributed by atoms with E-state index in [2.05, 4.69) is 36.4 Å². The summed E-state index contributed by atoms with van der Waals surface area (Å²) in [5.74, 6) is 0.826. The zero-order chi connectivity index (χ0) is 13.7. The average molecular weight is 328 g/mol. The first-order chi connectivity index (χ1) is 9.79. The normalized spacial score (nSPS) is 11.5. The summed E-state index contributed by atoms with van der Waals surface area (Å²) in [6.07, 6.45) is 5.47. The molecule has 20 heavy (non-hydrogen) atoms. The van der Waals surface area contributed by atoms with Crippen molar-refractivity contribution in [3.63, 3.8) is 0 Å². The lowest BCUT2D eigenvalue weighted by Gasteiger charge is -2.09. The molecule has 0 spiro atoms. The minimum Gasteiger partial charge on any atom is -0.497 e. The highest BCUT2D eigenvalue weighted by molar-refractivity contribution is 9.10. The van der Waals surface area contributed by atoms with Crippen LogP contribution in [0.25, 0.3) is 27.3 Å². The first-order valence-corrected chi connectivity index (χ1v) is 6.95. The van der Waals surface area contributed by atoms with Gasteiger partial charge >= 0.3 is 0 Å². The molecule has 0 saturated carbocycles. The Hall–Kier alpha value is -2.14. The van der Waals surface area contributed by atoms with Crippen LogP contribution in [0.3, 0.4) is 0 Å².